The first-order chi connectivity index (χ1) is 12.1. The molecule has 1 aromatic rings. The lowest BCUT2D eigenvalue weighted by Gasteiger charge is -2.24. The Hall–Kier alpha value is -1.88. The number of hydrogen-bond donors (Lipinski definition) is 0. The van der Waals surface area contributed by atoms with Gasteiger partial charge in [0.25, 0.3) is 0 Å². The van der Waals surface area contributed by atoms with Gasteiger partial charge < -0.3 is 14.5 Å². The molecule has 3 heterocycles. The van der Waals surface area contributed by atoms with Crippen molar-refractivity contribution in [2.45, 2.75) is 19.8 Å². The van der Waals surface area contributed by atoms with Gasteiger partial charge in [-0.25, -0.2) is 0 Å². The molecule has 25 heavy (non-hydrogen) atoms. The van der Waals surface area contributed by atoms with Gasteiger partial charge in [0.15, 0.2) is 0 Å². The Balaban J connectivity index is 1.28. The highest BCUT2D eigenvalue weighted by atomic mass is 16.5. The molecule has 0 aromatic heterocycles. The van der Waals surface area contributed by atoms with E-state index < -0.39 is 0 Å². The number of aryl methyl sites for hydroxylation is 1. The van der Waals surface area contributed by atoms with Crippen LogP contribution in [0.25, 0.3) is 0 Å². The maximum atomic E-state index is 12.8. The van der Waals surface area contributed by atoms with Gasteiger partial charge in [-0.3, -0.25) is 9.59 Å². The molecule has 2 amide bonds. The maximum absolute atomic E-state index is 12.8. The molecule has 1 aromatic carbocycles. The number of anilines is 1. The summed E-state index contributed by atoms with van der Waals surface area (Å²) in [5.74, 6) is 1.59. The van der Waals surface area contributed by atoms with Crippen molar-refractivity contribution < 1.29 is 14.3 Å². The van der Waals surface area contributed by atoms with E-state index in [0.29, 0.717) is 24.2 Å². The van der Waals surface area contributed by atoms with E-state index in [0.717, 1.165) is 45.0 Å². The maximum Gasteiger partial charge on any atom is 0.227 e. The zero-order valence-corrected chi connectivity index (χ0v) is 14.6. The Kier molecular flexibility index (Phi) is 3.26. The number of ether oxygens (including phenoxy) is 1. The topological polar surface area (TPSA) is 49.9 Å². The van der Waals surface area contributed by atoms with Gasteiger partial charge in [-0.1, -0.05) is 17.7 Å². The molecule has 0 bridgehead atoms. The van der Waals surface area contributed by atoms with Crippen LogP contribution in [0.4, 0.5) is 5.69 Å². The number of carbonyl (C=O) groups is 2. The number of amides is 2. The number of hydrogen-bond acceptors (Lipinski definition) is 3. The number of nitrogens with zero attached hydrogens (tertiary/aromatic N) is 2. The fraction of sp³-hybridized carbons (Fsp3) is 0.600. The third-order valence-electron chi connectivity index (χ3n) is 6.65. The van der Waals surface area contributed by atoms with E-state index in [1.165, 1.54) is 5.56 Å². The lowest BCUT2D eigenvalue weighted by Crippen LogP contribution is -2.36. The van der Waals surface area contributed by atoms with Crippen molar-refractivity contribution >= 4 is 17.5 Å². The number of rotatable bonds is 2. The lowest BCUT2D eigenvalue weighted by molar-refractivity contribution is -0.133. The highest BCUT2D eigenvalue weighted by Crippen LogP contribution is 2.52. The summed E-state index contributed by atoms with van der Waals surface area (Å²) < 4.78 is 5.41. The average molecular weight is 340 g/mol. The Morgan fingerprint density at radius 1 is 1.16 bits per heavy atom. The second-order valence-electron chi connectivity index (χ2n) is 8.39. The standard InChI is InChI=1S/C20H24N2O3/c1-13-2-4-14(5-3-13)22-12-20(8-17(22)23)6-7-21(11-20)19(24)18-15-9-25-10-16(15)18/h2-5,15-16,18H,6-12H2,1H3/t15-,16+,18?,20?. The average Bonchev–Trinajstić information content (AvgIpc) is 2.99. The summed E-state index contributed by atoms with van der Waals surface area (Å²) in [7, 11) is 0. The Morgan fingerprint density at radius 2 is 1.88 bits per heavy atom. The van der Waals surface area contributed by atoms with Crippen LogP contribution in [0.5, 0.6) is 0 Å². The van der Waals surface area contributed by atoms with Crippen molar-refractivity contribution in [2.24, 2.45) is 23.2 Å². The van der Waals surface area contributed by atoms with Crippen molar-refractivity contribution in [3.63, 3.8) is 0 Å². The Bertz CT molecular complexity index is 721. The van der Waals surface area contributed by atoms with E-state index in [1.54, 1.807) is 0 Å². The van der Waals surface area contributed by atoms with Crippen LogP contribution in [0.15, 0.2) is 24.3 Å². The predicted molar refractivity (Wildman–Crippen MR) is 93.1 cm³/mol. The molecule has 3 aliphatic heterocycles. The van der Waals surface area contributed by atoms with Crippen LogP contribution in [0.1, 0.15) is 18.4 Å². The van der Waals surface area contributed by atoms with Crippen LogP contribution >= 0.6 is 0 Å². The van der Waals surface area contributed by atoms with Gasteiger partial charge in [0.05, 0.1) is 13.2 Å². The highest BCUT2D eigenvalue weighted by molar-refractivity contribution is 5.96. The fourth-order valence-corrected chi connectivity index (χ4v) is 5.07. The molecular formula is C20H24N2O3. The first kappa shape index (κ1) is 15.4. The molecule has 1 aliphatic carbocycles. The molecule has 4 atom stereocenters. The van der Waals surface area contributed by atoms with Gasteiger partial charge in [0.2, 0.25) is 11.8 Å². The van der Waals surface area contributed by atoms with E-state index >= 15 is 0 Å². The van der Waals surface area contributed by atoms with Crippen LogP contribution in [0.2, 0.25) is 0 Å². The number of carbonyl (C=O) groups excluding carboxylic acids is 2. The third kappa shape index (κ3) is 2.40. The molecule has 0 N–H and O–H groups in total. The molecule has 1 spiro atoms. The largest absolute Gasteiger partial charge is 0.381 e. The lowest BCUT2D eigenvalue weighted by atomic mass is 9.86. The molecule has 5 nitrogen and oxygen atoms in total. The first-order valence-electron chi connectivity index (χ1n) is 9.30. The van der Waals surface area contributed by atoms with Gasteiger partial charge in [0.1, 0.15) is 0 Å². The number of benzene rings is 1. The van der Waals surface area contributed by atoms with E-state index in [-0.39, 0.29) is 17.2 Å². The van der Waals surface area contributed by atoms with Crippen molar-refractivity contribution in [1.29, 1.82) is 0 Å². The Morgan fingerprint density at radius 3 is 2.60 bits per heavy atom. The van der Waals surface area contributed by atoms with E-state index in [2.05, 4.69) is 6.92 Å². The third-order valence-corrected chi connectivity index (χ3v) is 6.65. The second kappa shape index (κ2) is 5.31. The summed E-state index contributed by atoms with van der Waals surface area (Å²) >= 11 is 0. The van der Waals surface area contributed by atoms with Crippen LogP contribution < -0.4 is 4.90 Å². The van der Waals surface area contributed by atoms with Crippen molar-refractivity contribution in [3.8, 4) is 0 Å². The van der Waals surface area contributed by atoms with Crippen molar-refractivity contribution in [1.82, 2.24) is 4.90 Å². The number of likely N-dealkylation sites (tertiary alicyclic amines) is 1. The molecule has 3 saturated heterocycles. The molecule has 4 fully saturated rings. The minimum atomic E-state index is -0.0574. The van der Waals surface area contributed by atoms with E-state index in [9.17, 15) is 9.59 Å². The minimum absolute atomic E-state index is 0.0574. The zero-order chi connectivity index (χ0) is 17.2. The van der Waals surface area contributed by atoms with Gasteiger partial charge in [-0.05, 0) is 37.3 Å². The molecular weight excluding hydrogens is 316 g/mol. The summed E-state index contributed by atoms with van der Waals surface area (Å²) in [6.45, 7) is 5.82. The van der Waals surface area contributed by atoms with Gasteiger partial charge in [-0.15, -0.1) is 0 Å². The molecule has 1 saturated carbocycles. The summed E-state index contributed by atoms with van der Waals surface area (Å²) in [4.78, 5) is 29.3. The van der Waals surface area contributed by atoms with E-state index in [1.807, 2.05) is 34.1 Å². The summed E-state index contributed by atoms with van der Waals surface area (Å²) in [5, 5.41) is 0. The molecule has 4 aliphatic rings. The normalized spacial score (nSPS) is 36.4. The quantitative estimate of drug-likeness (QED) is 0.825. The molecule has 5 rings (SSSR count). The van der Waals surface area contributed by atoms with Crippen LogP contribution in [-0.2, 0) is 14.3 Å². The van der Waals surface area contributed by atoms with Crippen molar-refractivity contribution in [3.05, 3.63) is 29.8 Å². The predicted octanol–water partition coefficient (Wildman–Crippen LogP) is 1.84. The second-order valence-corrected chi connectivity index (χ2v) is 8.39. The monoisotopic (exact) mass is 340 g/mol. The van der Waals surface area contributed by atoms with Gasteiger partial charge in [-0.2, -0.15) is 0 Å². The first-order valence-corrected chi connectivity index (χ1v) is 9.30. The minimum Gasteiger partial charge on any atom is -0.381 e. The van der Waals surface area contributed by atoms with E-state index in [4.69, 9.17) is 4.74 Å². The number of fused-ring (bicyclic) bond motifs is 1. The highest BCUT2D eigenvalue weighted by Gasteiger charge is 2.60. The van der Waals surface area contributed by atoms with Crippen LogP contribution in [0, 0.1) is 30.1 Å². The fourth-order valence-electron chi connectivity index (χ4n) is 5.07. The molecule has 5 heteroatoms. The molecule has 0 radical (unpaired) electrons. The van der Waals surface area contributed by atoms with Crippen LogP contribution in [-0.4, -0.2) is 49.6 Å². The molecule has 2 unspecified atom stereocenters. The smallest absolute Gasteiger partial charge is 0.227 e. The SMILES string of the molecule is Cc1ccc(N2CC3(CCN(C(=O)C4[C@H]5COC[C@@H]45)C3)CC2=O)cc1. The summed E-state index contributed by atoms with van der Waals surface area (Å²) in [5.41, 5.74) is 2.12. The summed E-state index contributed by atoms with van der Waals surface area (Å²) in [6.07, 6.45) is 1.50. The molecule has 132 valence electrons. The summed E-state index contributed by atoms with van der Waals surface area (Å²) in [6, 6.07) is 8.14. The van der Waals surface area contributed by atoms with Gasteiger partial charge >= 0.3 is 0 Å². The van der Waals surface area contributed by atoms with Gasteiger partial charge in [0, 0.05) is 43.1 Å². The zero-order valence-electron chi connectivity index (χ0n) is 14.6. The Labute approximate surface area is 147 Å². The van der Waals surface area contributed by atoms with Crippen LogP contribution in [0.3, 0.4) is 0 Å². The van der Waals surface area contributed by atoms with Crippen molar-refractivity contribution in [2.75, 3.05) is 37.7 Å².